The van der Waals surface area contributed by atoms with Crippen LogP contribution in [0.4, 0.5) is 5.00 Å². The summed E-state index contributed by atoms with van der Waals surface area (Å²) in [7, 11) is 0. The van der Waals surface area contributed by atoms with Crippen molar-refractivity contribution in [3.05, 3.63) is 56.9 Å². The molecule has 0 spiro atoms. The van der Waals surface area contributed by atoms with E-state index in [0.717, 1.165) is 43.2 Å². The first-order valence-electron chi connectivity index (χ1n) is 9.15. The van der Waals surface area contributed by atoms with Crippen molar-refractivity contribution in [1.29, 1.82) is 0 Å². The number of hydrogen-bond acceptors (Lipinski definition) is 4. The molecule has 0 saturated heterocycles. The third kappa shape index (κ3) is 4.79. The van der Waals surface area contributed by atoms with E-state index in [2.05, 4.69) is 5.32 Å². The fourth-order valence-electron chi connectivity index (χ4n) is 3.07. The zero-order chi connectivity index (χ0) is 19.2. The molecule has 1 aromatic heterocycles. The molecule has 0 radical (unpaired) electrons. The van der Waals surface area contributed by atoms with Gasteiger partial charge in [0.2, 0.25) is 5.91 Å². The Labute approximate surface area is 168 Å². The average Bonchev–Trinajstić information content (AvgIpc) is 3.03. The molecule has 3 rings (SSSR count). The van der Waals surface area contributed by atoms with Crippen LogP contribution in [0.5, 0.6) is 0 Å². The summed E-state index contributed by atoms with van der Waals surface area (Å²) in [6, 6.07) is 7.31. The van der Waals surface area contributed by atoms with E-state index in [1.54, 1.807) is 12.1 Å². The van der Waals surface area contributed by atoms with E-state index in [1.807, 2.05) is 25.1 Å². The molecule has 0 unspecified atom stereocenters. The van der Waals surface area contributed by atoms with Gasteiger partial charge in [-0.3, -0.25) is 4.79 Å². The van der Waals surface area contributed by atoms with Gasteiger partial charge in [0.15, 0.2) is 0 Å². The van der Waals surface area contributed by atoms with E-state index in [1.165, 1.54) is 22.3 Å². The second-order valence-electron chi connectivity index (χ2n) is 6.40. The minimum absolute atomic E-state index is 0.293. The maximum Gasteiger partial charge on any atom is 0.341 e. The maximum absolute atomic E-state index is 12.6. The zero-order valence-corrected chi connectivity index (χ0v) is 16.8. The molecular weight excluding hydrogens is 382 g/mol. The van der Waals surface area contributed by atoms with Crippen molar-refractivity contribution in [2.45, 2.75) is 39.0 Å². The summed E-state index contributed by atoms with van der Waals surface area (Å²) in [6.07, 6.45) is 7.82. The fraction of sp³-hybridized carbons (Fsp3) is 0.333. The van der Waals surface area contributed by atoms with E-state index in [-0.39, 0.29) is 11.9 Å². The SMILES string of the molecule is CCCOC(=O)c1c(NC(=O)/C=C/c2ccccc2Cl)sc2c1CCCC2. The van der Waals surface area contributed by atoms with Crippen LogP contribution < -0.4 is 5.32 Å². The third-order valence-corrected chi connectivity index (χ3v) is 5.92. The molecule has 1 heterocycles. The lowest BCUT2D eigenvalue weighted by molar-refractivity contribution is -0.111. The van der Waals surface area contributed by atoms with Crippen LogP contribution in [0.25, 0.3) is 6.08 Å². The van der Waals surface area contributed by atoms with Crippen molar-refractivity contribution in [3.8, 4) is 0 Å². The summed E-state index contributed by atoms with van der Waals surface area (Å²) in [5.41, 5.74) is 2.34. The van der Waals surface area contributed by atoms with E-state index in [0.29, 0.717) is 22.2 Å². The minimum Gasteiger partial charge on any atom is -0.462 e. The van der Waals surface area contributed by atoms with Gasteiger partial charge in [-0.15, -0.1) is 11.3 Å². The van der Waals surface area contributed by atoms with Crippen molar-refractivity contribution < 1.29 is 14.3 Å². The number of hydrogen-bond donors (Lipinski definition) is 1. The topological polar surface area (TPSA) is 55.4 Å². The Balaban J connectivity index is 1.81. The van der Waals surface area contributed by atoms with Gasteiger partial charge in [-0.25, -0.2) is 4.79 Å². The van der Waals surface area contributed by atoms with Crippen LogP contribution in [0.15, 0.2) is 30.3 Å². The molecule has 0 atom stereocenters. The van der Waals surface area contributed by atoms with Gasteiger partial charge in [0, 0.05) is 16.0 Å². The highest BCUT2D eigenvalue weighted by Crippen LogP contribution is 2.38. The van der Waals surface area contributed by atoms with Gasteiger partial charge in [-0.2, -0.15) is 0 Å². The van der Waals surface area contributed by atoms with Gasteiger partial charge in [-0.1, -0.05) is 36.7 Å². The summed E-state index contributed by atoms with van der Waals surface area (Å²) >= 11 is 7.59. The standard InChI is InChI=1S/C21H22ClNO3S/c1-2-13-26-21(25)19-15-8-4-6-10-17(15)27-20(19)23-18(24)12-11-14-7-3-5-9-16(14)22/h3,5,7,9,11-12H,2,4,6,8,10,13H2,1H3,(H,23,24)/b12-11+. The first-order chi connectivity index (χ1) is 13.1. The molecule has 0 fully saturated rings. The number of rotatable bonds is 6. The molecule has 1 N–H and O–H groups in total. The number of nitrogens with one attached hydrogen (secondary N) is 1. The molecule has 27 heavy (non-hydrogen) atoms. The second kappa shape index (κ2) is 9.20. The van der Waals surface area contributed by atoms with Crippen LogP contribution >= 0.6 is 22.9 Å². The number of halogens is 1. The van der Waals surface area contributed by atoms with Crippen molar-refractivity contribution in [2.24, 2.45) is 0 Å². The minimum atomic E-state index is -0.346. The third-order valence-electron chi connectivity index (χ3n) is 4.37. The number of fused-ring (bicyclic) bond motifs is 1. The van der Waals surface area contributed by atoms with Gasteiger partial charge in [-0.05, 0) is 55.4 Å². The molecule has 1 aliphatic rings. The molecule has 1 aliphatic carbocycles. The summed E-state index contributed by atoms with van der Waals surface area (Å²) in [5.74, 6) is -0.639. The Morgan fingerprint density at radius 2 is 2.04 bits per heavy atom. The van der Waals surface area contributed by atoms with Crippen molar-refractivity contribution in [3.63, 3.8) is 0 Å². The van der Waals surface area contributed by atoms with E-state index in [9.17, 15) is 9.59 Å². The van der Waals surface area contributed by atoms with Crippen molar-refractivity contribution >= 4 is 45.9 Å². The van der Waals surface area contributed by atoms with E-state index in [4.69, 9.17) is 16.3 Å². The van der Waals surface area contributed by atoms with E-state index < -0.39 is 0 Å². The Hall–Kier alpha value is -2.11. The monoisotopic (exact) mass is 403 g/mol. The fourth-order valence-corrected chi connectivity index (χ4v) is 4.55. The second-order valence-corrected chi connectivity index (χ2v) is 7.91. The predicted molar refractivity (Wildman–Crippen MR) is 111 cm³/mol. The molecule has 0 aliphatic heterocycles. The lowest BCUT2D eigenvalue weighted by Gasteiger charge is -2.12. The van der Waals surface area contributed by atoms with Gasteiger partial charge < -0.3 is 10.1 Å². The number of ether oxygens (including phenoxy) is 1. The van der Waals surface area contributed by atoms with Crippen LogP contribution in [0.3, 0.4) is 0 Å². The van der Waals surface area contributed by atoms with Crippen LogP contribution in [0.1, 0.15) is 52.5 Å². The summed E-state index contributed by atoms with van der Waals surface area (Å²) in [4.78, 5) is 26.1. The number of anilines is 1. The van der Waals surface area contributed by atoms with Gasteiger partial charge in [0.1, 0.15) is 5.00 Å². The summed E-state index contributed by atoms with van der Waals surface area (Å²) in [5, 5.41) is 4.02. The molecule has 1 amide bonds. The van der Waals surface area contributed by atoms with Gasteiger partial charge >= 0.3 is 5.97 Å². The molecule has 1 aromatic carbocycles. The van der Waals surface area contributed by atoms with Crippen LogP contribution in [-0.4, -0.2) is 18.5 Å². The Morgan fingerprint density at radius 1 is 1.26 bits per heavy atom. The van der Waals surface area contributed by atoms with Gasteiger partial charge in [0.25, 0.3) is 0 Å². The number of benzene rings is 1. The normalized spacial score (nSPS) is 13.4. The molecule has 2 aromatic rings. The number of thiophene rings is 1. The number of amides is 1. The van der Waals surface area contributed by atoms with E-state index >= 15 is 0 Å². The number of carbonyl (C=O) groups excluding carboxylic acids is 2. The highest BCUT2D eigenvalue weighted by atomic mass is 35.5. The van der Waals surface area contributed by atoms with Gasteiger partial charge in [0.05, 0.1) is 12.2 Å². The number of carbonyl (C=O) groups is 2. The first kappa shape index (κ1) is 19.6. The molecule has 0 saturated carbocycles. The lowest BCUT2D eigenvalue weighted by atomic mass is 9.95. The first-order valence-corrected chi connectivity index (χ1v) is 10.3. The van der Waals surface area contributed by atoms with Crippen LogP contribution in [0.2, 0.25) is 5.02 Å². The van der Waals surface area contributed by atoms with Crippen LogP contribution in [0, 0.1) is 0 Å². The highest BCUT2D eigenvalue weighted by Gasteiger charge is 2.27. The number of esters is 1. The van der Waals surface area contributed by atoms with Crippen molar-refractivity contribution in [1.82, 2.24) is 0 Å². The zero-order valence-electron chi connectivity index (χ0n) is 15.2. The smallest absolute Gasteiger partial charge is 0.341 e. The maximum atomic E-state index is 12.6. The molecule has 0 bridgehead atoms. The molecule has 6 heteroatoms. The Bertz CT molecular complexity index is 872. The number of aryl methyl sites for hydroxylation is 1. The molecule has 142 valence electrons. The average molecular weight is 404 g/mol. The largest absolute Gasteiger partial charge is 0.462 e. The predicted octanol–water partition coefficient (Wildman–Crippen LogP) is 5.50. The molecular formula is C21H22ClNO3S. The van der Waals surface area contributed by atoms with Crippen molar-refractivity contribution in [2.75, 3.05) is 11.9 Å². The lowest BCUT2D eigenvalue weighted by Crippen LogP contribution is -2.14. The summed E-state index contributed by atoms with van der Waals surface area (Å²) < 4.78 is 5.35. The van der Waals surface area contributed by atoms with Crippen LogP contribution in [-0.2, 0) is 22.4 Å². The summed E-state index contributed by atoms with van der Waals surface area (Å²) in [6.45, 7) is 2.34. The Kier molecular flexibility index (Phi) is 6.69. The Morgan fingerprint density at radius 3 is 2.81 bits per heavy atom. The quantitative estimate of drug-likeness (QED) is 0.511. The highest BCUT2D eigenvalue weighted by molar-refractivity contribution is 7.17. The molecule has 4 nitrogen and oxygen atoms in total.